The van der Waals surface area contributed by atoms with Gasteiger partial charge >= 0.3 is 6.18 Å². The van der Waals surface area contributed by atoms with E-state index in [0.29, 0.717) is 11.1 Å². The van der Waals surface area contributed by atoms with Gasteiger partial charge in [0.2, 0.25) is 5.84 Å². The van der Waals surface area contributed by atoms with E-state index in [2.05, 4.69) is 9.71 Å². The molecule has 25 heavy (non-hydrogen) atoms. The number of hydrogen-bond donors (Lipinski definition) is 1. The fourth-order valence-electron chi connectivity index (χ4n) is 2.41. The smallest absolute Gasteiger partial charge is 0.335 e. The van der Waals surface area contributed by atoms with Crippen molar-refractivity contribution < 1.29 is 21.6 Å². The van der Waals surface area contributed by atoms with Gasteiger partial charge in [0.1, 0.15) is 0 Å². The monoisotopic (exact) mass is 370 g/mol. The number of rotatable bonds is 3. The van der Waals surface area contributed by atoms with E-state index < -0.39 is 22.0 Å². The highest BCUT2D eigenvalue weighted by Crippen LogP contribution is 2.27. The molecule has 0 saturated heterocycles. The van der Waals surface area contributed by atoms with Gasteiger partial charge in [0.15, 0.2) is 0 Å². The summed E-state index contributed by atoms with van der Waals surface area (Å²) in [5.41, 5.74) is 2.20. The largest absolute Gasteiger partial charge is 0.450 e. The predicted octanol–water partition coefficient (Wildman–Crippen LogP) is 4.37. The minimum Gasteiger partial charge on any atom is -0.335 e. The highest BCUT2D eigenvalue weighted by Gasteiger charge is 2.38. The number of benzene rings is 2. The molecular formula is C17H17F3N2O2S. The third kappa shape index (κ3) is 4.60. The average molecular weight is 370 g/mol. The van der Waals surface area contributed by atoms with Crippen LogP contribution in [0.5, 0.6) is 0 Å². The molecule has 0 aliphatic rings. The zero-order valence-corrected chi connectivity index (χ0v) is 14.7. The molecule has 0 amide bonds. The normalized spacial score (nSPS) is 13.0. The van der Waals surface area contributed by atoms with Gasteiger partial charge in [-0.25, -0.2) is 0 Å². The van der Waals surface area contributed by atoms with Crippen molar-refractivity contribution >= 4 is 21.5 Å². The molecule has 0 aliphatic carbocycles. The van der Waals surface area contributed by atoms with Gasteiger partial charge in [-0.1, -0.05) is 35.9 Å². The Morgan fingerprint density at radius 2 is 1.52 bits per heavy atom. The van der Waals surface area contributed by atoms with Crippen molar-refractivity contribution in [1.82, 2.24) is 0 Å². The topological polar surface area (TPSA) is 58.5 Å². The zero-order valence-electron chi connectivity index (χ0n) is 13.8. The predicted molar refractivity (Wildman–Crippen MR) is 91.4 cm³/mol. The SMILES string of the molecule is Cc1cc(C)c(N/C(=N\S(=O)(=O)c2ccccc2)C(F)(F)F)c(C)c1. The first kappa shape index (κ1) is 19.0. The molecular weight excluding hydrogens is 353 g/mol. The lowest BCUT2D eigenvalue weighted by atomic mass is 10.1. The Hall–Kier alpha value is -2.35. The van der Waals surface area contributed by atoms with Crippen LogP contribution >= 0.6 is 0 Å². The molecule has 2 aromatic carbocycles. The van der Waals surface area contributed by atoms with E-state index >= 15 is 0 Å². The Morgan fingerprint density at radius 1 is 1.00 bits per heavy atom. The lowest BCUT2D eigenvalue weighted by molar-refractivity contribution is -0.0585. The molecule has 0 saturated carbocycles. The summed E-state index contributed by atoms with van der Waals surface area (Å²) in [4.78, 5) is -0.309. The maximum atomic E-state index is 13.3. The molecule has 0 aromatic heterocycles. The second kappa shape index (κ2) is 6.87. The van der Waals surface area contributed by atoms with Gasteiger partial charge in [-0.05, 0) is 44.0 Å². The van der Waals surface area contributed by atoms with Gasteiger partial charge in [-0.2, -0.15) is 21.6 Å². The summed E-state index contributed by atoms with van der Waals surface area (Å²) in [6.07, 6.45) is -4.95. The van der Waals surface area contributed by atoms with Crippen LogP contribution in [-0.2, 0) is 10.0 Å². The van der Waals surface area contributed by atoms with E-state index in [1.165, 1.54) is 24.3 Å². The first-order chi connectivity index (χ1) is 11.5. The summed E-state index contributed by atoms with van der Waals surface area (Å²) >= 11 is 0. The van der Waals surface area contributed by atoms with Crippen molar-refractivity contribution in [2.24, 2.45) is 4.40 Å². The van der Waals surface area contributed by atoms with Crippen molar-refractivity contribution in [3.8, 4) is 0 Å². The van der Waals surface area contributed by atoms with E-state index in [1.807, 2.05) is 6.92 Å². The van der Waals surface area contributed by atoms with Crippen LogP contribution in [0.15, 0.2) is 51.8 Å². The number of sulfonamides is 1. The van der Waals surface area contributed by atoms with Gasteiger partial charge in [-0.3, -0.25) is 0 Å². The third-order valence-corrected chi connectivity index (χ3v) is 4.73. The Kier molecular flexibility index (Phi) is 5.22. The number of anilines is 1. The Bertz CT molecular complexity index is 882. The molecule has 0 radical (unpaired) electrons. The Labute approximate surface area is 144 Å². The van der Waals surface area contributed by atoms with E-state index in [-0.39, 0.29) is 10.6 Å². The minimum absolute atomic E-state index is 0.185. The zero-order chi connectivity index (χ0) is 18.8. The van der Waals surface area contributed by atoms with E-state index in [1.54, 1.807) is 32.0 Å². The molecule has 1 N–H and O–H groups in total. The second-order valence-corrected chi connectivity index (χ2v) is 7.23. The van der Waals surface area contributed by atoms with Crippen molar-refractivity contribution in [3.63, 3.8) is 0 Å². The van der Waals surface area contributed by atoms with E-state index in [0.717, 1.165) is 5.56 Å². The van der Waals surface area contributed by atoms with Crippen LogP contribution in [0.25, 0.3) is 0 Å². The average Bonchev–Trinajstić information content (AvgIpc) is 2.49. The molecule has 0 fully saturated rings. The van der Waals surface area contributed by atoms with Crippen molar-refractivity contribution in [1.29, 1.82) is 0 Å². The molecule has 8 heteroatoms. The van der Waals surface area contributed by atoms with Gasteiger partial charge < -0.3 is 5.32 Å². The van der Waals surface area contributed by atoms with Crippen LogP contribution < -0.4 is 5.32 Å². The third-order valence-electron chi connectivity index (χ3n) is 3.44. The number of alkyl halides is 3. The van der Waals surface area contributed by atoms with Gasteiger partial charge in [-0.15, -0.1) is 4.40 Å². The van der Waals surface area contributed by atoms with Crippen LogP contribution in [0.4, 0.5) is 18.9 Å². The first-order valence-corrected chi connectivity index (χ1v) is 8.77. The van der Waals surface area contributed by atoms with E-state index in [9.17, 15) is 21.6 Å². The maximum Gasteiger partial charge on any atom is 0.450 e. The lowest BCUT2D eigenvalue weighted by Gasteiger charge is -2.17. The molecule has 2 aromatic rings. The number of nitrogens with one attached hydrogen (secondary N) is 1. The minimum atomic E-state index is -4.95. The summed E-state index contributed by atoms with van der Waals surface area (Å²) in [5.74, 6) is -1.58. The number of aryl methyl sites for hydroxylation is 3. The van der Waals surface area contributed by atoms with Crippen molar-refractivity contribution in [3.05, 3.63) is 59.2 Å². The standard InChI is InChI=1S/C17H17F3N2O2S/c1-11-9-12(2)15(13(3)10-11)21-16(17(18,19)20)22-25(23,24)14-7-5-4-6-8-14/h4-10H,1-3H3,(H,21,22). The maximum absolute atomic E-state index is 13.3. The van der Waals surface area contributed by atoms with Crippen LogP contribution in [-0.4, -0.2) is 20.4 Å². The Morgan fingerprint density at radius 3 is 2.00 bits per heavy atom. The quantitative estimate of drug-likeness (QED) is 0.645. The van der Waals surface area contributed by atoms with Crippen LogP contribution in [0.2, 0.25) is 0 Å². The molecule has 0 aliphatic heterocycles. The van der Waals surface area contributed by atoms with Gasteiger partial charge in [0.05, 0.1) is 4.90 Å². The van der Waals surface area contributed by atoms with Crippen LogP contribution in [0.1, 0.15) is 16.7 Å². The summed E-state index contributed by atoms with van der Waals surface area (Å²) < 4.78 is 67.4. The number of amidine groups is 1. The second-order valence-electron chi connectivity index (χ2n) is 5.62. The van der Waals surface area contributed by atoms with Crippen LogP contribution in [0, 0.1) is 20.8 Å². The number of nitrogens with zero attached hydrogens (tertiary/aromatic N) is 1. The fourth-order valence-corrected chi connectivity index (χ4v) is 3.40. The Balaban J connectivity index is 2.52. The highest BCUT2D eigenvalue weighted by atomic mass is 32.2. The molecule has 0 spiro atoms. The molecule has 134 valence electrons. The summed E-state index contributed by atoms with van der Waals surface area (Å²) in [5, 5.41) is 2.15. The molecule has 4 nitrogen and oxygen atoms in total. The summed E-state index contributed by atoms with van der Waals surface area (Å²) in [6, 6.07) is 10.2. The molecule has 0 bridgehead atoms. The van der Waals surface area contributed by atoms with Gasteiger partial charge in [0, 0.05) is 5.69 Å². The van der Waals surface area contributed by atoms with E-state index in [4.69, 9.17) is 0 Å². The number of halogens is 3. The summed E-state index contributed by atoms with van der Waals surface area (Å²) in [7, 11) is -4.49. The van der Waals surface area contributed by atoms with Crippen molar-refractivity contribution in [2.45, 2.75) is 31.8 Å². The molecule has 2 rings (SSSR count). The fraction of sp³-hybridized carbons (Fsp3) is 0.235. The van der Waals surface area contributed by atoms with Crippen molar-refractivity contribution in [2.75, 3.05) is 5.32 Å². The molecule has 0 heterocycles. The highest BCUT2D eigenvalue weighted by molar-refractivity contribution is 7.90. The first-order valence-electron chi connectivity index (χ1n) is 7.33. The number of hydrogen-bond acceptors (Lipinski definition) is 2. The molecule has 0 unspecified atom stereocenters. The van der Waals surface area contributed by atoms with Gasteiger partial charge in [0.25, 0.3) is 10.0 Å². The molecule has 0 atom stereocenters. The summed E-state index contributed by atoms with van der Waals surface area (Å²) in [6.45, 7) is 5.10. The lowest BCUT2D eigenvalue weighted by Crippen LogP contribution is -2.32. The van der Waals surface area contributed by atoms with Crippen LogP contribution in [0.3, 0.4) is 0 Å².